The van der Waals surface area contributed by atoms with Crippen LogP contribution in [-0.4, -0.2) is 22.1 Å². The average Bonchev–Trinajstić information content (AvgIpc) is 3.10. The van der Waals surface area contributed by atoms with Crippen molar-refractivity contribution < 1.29 is 0 Å². The number of guanidine groups is 1. The quantitative estimate of drug-likeness (QED) is 0.267. The second-order valence-electron chi connectivity index (χ2n) is 6.60. The van der Waals surface area contributed by atoms with E-state index in [2.05, 4.69) is 51.4 Å². The number of rotatable bonds is 7. The molecule has 0 aliphatic heterocycles. The Balaban J connectivity index is 0.00000300. The lowest BCUT2D eigenvalue weighted by Crippen LogP contribution is -2.36. The Bertz CT molecular complexity index is 921. The Morgan fingerprint density at radius 2 is 1.83 bits per heavy atom. The van der Waals surface area contributed by atoms with Crippen molar-refractivity contribution in [2.75, 3.05) is 6.54 Å². The van der Waals surface area contributed by atoms with Gasteiger partial charge in [-0.3, -0.25) is 0 Å². The van der Waals surface area contributed by atoms with Crippen molar-refractivity contribution in [3.05, 3.63) is 88.5 Å². The molecule has 0 saturated carbocycles. The van der Waals surface area contributed by atoms with Gasteiger partial charge >= 0.3 is 0 Å². The zero-order chi connectivity index (χ0) is 19.8. The van der Waals surface area contributed by atoms with Gasteiger partial charge in [0.25, 0.3) is 0 Å². The molecule has 2 N–H and O–H groups in total. The number of aromatic nitrogens is 2. The van der Waals surface area contributed by atoms with Crippen molar-refractivity contribution in [1.82, 2.24) is 20.2 Å². The second kappa shape index (κ2) is 11.8. The minimum atomic E-state index is 0. The van der Waals surface area contributed by atoms with E-state index in [9.17, 15) is 0 Å². The van der Waals surface area contributed by atoms with Crippen LogP contribution in [0.15, 0.2) is 65.9 Å². The van der Waals surface area contributed by atoms with E-state index in [1.165, 1.54) is 11.1 Å². The van der Waals surface area contributed by atoms with Crippen molar-refractivity contribution in [2.45, 2.75) is 33.5 Å². The number of hydrogen-bond donors (Lipinski definition) is 2. The Kier molecular flexibility index (Phi) is 9.47. The molecule has 154 valence electrons. The molecule has 29 heavy (non-hydrogen) atoms. The smallest absolute Gasteiger partial charge is 0.191 e. The summed E-state index contributed by atoms with van der Waals surface area (Å²) in [5.74, 6) is 1.82. The van der Waals surface area contributed by atoms with Gasteiger partial charge in [0.05, 0.1) is 6.54 Å². The number of aryl methyl sites for hydroxylation is 1. The number of hydrogen-bond acceptors (Lipinski definition) is 2. The highest BCUT2D eigenvalue weighted by atomic mass is 127. The lowest BCUT2D eigenvalue weighted by Gasteiger charge is -2.12. The normalized spacial score (nSPS) is 11.1. The highest BCUT2D eigenvalue weighted by Crippen LogP contribution is 2.11. The highest BCUT2D eigenvalue weighted by molar-refractivity contribution is 14.0. The van der Waals surface area contributed by atoms with Gasteiger partial charge in [-0.25, -0.2) is 9.98 Å². The monoisotopic (exact) mass is 523 g/mol. The first kappa shape index (κ1) is 23.2. The molecule has 3 aromatic rings. The summed E-state index contributed by atoms with van der Waals surface area (Å²) in [5, 5.41) is 7.41. The predicted octanol–water partition coefficient (Wildman–Crippen LogP) is 4.77. The van der Waals surface area contributed by atoms with Crippen LogP contribution in [0.3, 0.4) is 0 Å². The standard InChI is InChI=1S/C22H26ClN5.HI/c1-3-24-22(26-14-18-7-9-21(23)10-8-18)27-15-19-5-4-6-20(13-19)16-28-12-11-25-17(28)2;/h4-13H,3,14-16H2,1-2H3,(H2,24,26,27);1H. The fraction of sp³-hybridized carbons (Fsp3) is 0.273. The predicted molar refractivity (Wildman–Crippen MR) is 131 cm³/mol. The minimum Gasteiger partial charge on any atom is -0.357 e. The maximum Gasteiger partial charge on any atom is 0.191 e. The van der Waals surface area contributed by atoms with E-state index in [-0.39, 0.29) is 24.0 Å². The van der Waals surface area contributed by atoms with E-state index >= 15 is 0 Å². The summed E-state index contributed by atoms with van der Waals surface area (Å²) in [6, 6.07) is 16.4. The molecular weight excluding hydrogens is 497 g/mol. The summed E-state index contributed by atoms with van der Waals surface area (Å²) in [6.45, 7) is 7.02. The average molecular weight is 524 g/mol. The number of imidazole rings is 1. The van der Waals surface area contributed by atoms with Gasteiger partial charge in [0.1, 0.15) is 5.82 Å². The largest absolute Gasteiger partial charge is 0.357 e. The van der Waals surface area contributed by atoms with Crippen molar-refractivity contribution in [3.8, 4) is 0 Å². The fourth-order valence-corrected chi connectivity index (χ4v) is 3.02. The van der Waals surface area contributed by atoms with Crippen molar-refractivity contribution in [3.63, 3.8) is 0 Å². The Labute approximate surface area is 194 Å². The van der Waals surface area contributed by atoms with Gasteiger partial charge < -0.3 is 15.2 Å². The van der Waals surface area contributed by atoms with E-state index in [4.69, 9.17) is 16.6 Å². The van der Waals surface area contributed by atoms with Crippen LogP contribution in [0.2, 0.25) is 5.02 Å². The zero-order valence-electron chi connectivity index (χ0n) is 16.7. The summed E-state index contributed by atoms with van der Waals surface area (Å²) in [5.41, 5.74) is 3.58. The third-order valence-corrected chi connectivity index (χ3v) is 4.66. The molecule has 0 spiro atoms. The first-order valence-electron chi connectivity index (χ1n) is 9.46. The molecule has 3 rings (SSSR count). The Morgan fingerprint density at radius 1 is 1.07 bits per heavy atom. The topological polar surface area (TPSA) is 54.2 Å². The molecule has 0 saturated heterocycles. The Hall–Kier alpha value is -2.06. The van der Waals surface area contributed by atoms with Gasteiger partial charge in [0.2, 0.25) is 0 Å². The summed E-state index contributed by atoms with van der Waals surface area (Å²) >= 11 is 5.95. The number of nitrogens with zero attached hydrogens (tertiary/aromatic N) is 3. The summed E-state index contributed by atoms with van der Waals surface area (Å²) in [7, 11) is 0. The van der Waals surface area contributed by atoms with Gasteiger partial charge in [-0.15, -0.1) is 24.0 Å². The molecule has 0 unspecified atom stereocenters. The van der Waals surface area contributed by atoms with Crippen LogP contribution < -0.4 is 10.6 Å². The van der Waals surface area contributed by atoms with Crippen LogP contribution in [0, 0.1) is 6.92 Å². The number of nitrogens with one attached hydrogen (secondary N) is 2. The van der Waals surface area contributed by atoms with Crippen molar-refractivity contribution in [1.29, 1.82) is 0 Å². The van der Waals surface area contributed by atoms with Gasteiger partial charge in [0.15, 0.2) is 5.96 Å². The van der Waals surface area contributed by atoms with Crippen LogP contribution in [0.4, 0.5) is 0 Å². The maximum absolute atomic E-state index is 5.95. The van der Waals surface area contributed by atoms with Crippen LogP contribution in [0.25, 0.3) is 0 Å². The molecule has 0 aliphatic carbocycles. The van der Waals surface area contributed by atoms with E-state index in [0.717, 1.165) is 35.5 Å². The molecular formula is C22H27ClIN5. The molecule has 0 amide bonds. The van der Waals surface area contributed by atoms with E-state index in [1.54, 1.807) is 0 Å². The van der Waals surface area contributed by atoms with Crippen LogP contribution >= 0.6 is 35.6 Å². The highest BCUT2D eigenvalue weighted by Gasteiger charge is 2.02. The first-order valence-corrected chi connectivity index (χ1v) is 9.84. The van der Waals surface area contributed by atoms with Gasteiger partial charge in [-0.1, -0.05) is 48.0 Å². The van der Waals surface area contributed by atoms with Crippen LogP contribution in [-0.2, 0) is 19.6 Å². The van der Waals surface area contributed by atoms with Crippen molar-refractivity contribution in [2.24, 2.45) is 4.99 Å². The second-order valence-corrected chi connectivity index (χ2v) is 7.03. The lowest BCUT2D eigenvalue weighted by atomic mass is 10.1. The van der Waals surface area contributed by atoms with Crippen LogP contribution in [0.1, 0.15) is 29.4 Å². The summed E-state index contributed by atoms with van der Waals surface area (Å²) in [4.78, 5) is 9.00. The Morgan fingerprint density at radius 3 is 2.52 bits per heavy atom. The minimum absolute atomic E-state index is 0. The first-order chi connectivity index (χ1) is 13.6. The van der Waals surface area contributed by atoms with Gasteiger partial charge in [-0.05, 0) is 42.7 Å². The van der Waals surface area contributed by atoms with Crippen molar-refractivity contribution >= 4 is 41.5 Å². The van der Waals surface area contributed by atoms with E-state index < -0.39 is 0 Å². The lowest BCUT2D eigenvalue weighted by molar-refractivity contribution is 0.760. The van der Waals surface area contributed by atoms with E-state index in [1.807, 2.05) is 43.6 Å². The number of aliphatic imine (C=N–C) groups is 1. The number of benzene rings is 2. The molecule has 0 bridgehead atoms. The SMILES string of the molecule is CCNC(=NCc1cccc(Cn2ccnc2C)c1)NCc1ccc(Cl)cc1.I. The molecule has 0 atom stereocenters. The summed E-state index contributed by atoms with van der Waals surface area (Å²) in [6.07, 6.45) is 3.84. The van der Waals surface area contributed by atoms with Crippen LogP contribution in [0.5, 0.6) is 0 Å². The molecule has 7 heteroatoms. The molecule has 5 nitrogen and oxygen atoms in total. The van der Waals surface area contributed by atoms with Gasteiger partial charge in [-0.2, -0.15) is 0 Å². The molecule has 1 heterocycles. The molecule has 0 radical (unpaired) electrons. The molecule has 2 aromatic carbocycles. The van der Waals surface area contributed by atoms with E-state index in [0.29, 0.717) is 13.1 Å². The maximum atomic E-state index is 5.95. The van der Waals surface area contributed by atoms with Gasteiger partial charge in [0, 0.05) is 37.1 Å². The molecule has 0 aliphatic rings. The third-order valence-electron chi connectivity index (χ3n) is 4.41. The zero-order valence-corrected chi connectivity index (χ0v) is 19.8. The molecule has 0 fully saturated rings. The number of halogens is 2. The third kappa shape index (κ3) is 7.36. The fourth-order valence-electron chi connectivity index (χ4n) is 2.89. The summed E-state index contributed by atoms with van der Waals surface area (Å²) < 4.78 is 2.14. The molecule has 1 aromatic heterocycles.